The molecule has 0 amide bonds. The zero-order valence-corrected chi connectivity index (χ0v) is 10.9. The van der Waals surface area contributed by atoms with Crippen LogP contribution in [0.3, 0.4) is 0 Å². The zero-order valence-electron chi connectivity index (χ0n) is 10.9. The maximum atomic E-state index is 8.98. The van der Waals surface area contributed by atoms with Crippen LogP contribution in [0.2, 0.25) is 0 Å². The molecule has 1 N–H and O–H groups in total. The summed E-state index contributed by atoms with van der Waals surface area (Å²) in [5.74, 6) is 0. The SMILES string of the molecule is CC(C)(C)CCN1CC2CC(C1)N2CCO. The minimum Gasteiger partial charge on any atom is -0.395 e. The van der Waals surface area contributed by atoms with Crippen LogP contribution < -0.4 is 0 Å². The van der Waals surface area contributed by atoms with E-state index in [1.807, 2.05) is 0 Å². The Bertz CT molecular complexity index is 225. The smallest absolute Gasteiger partial charge is 0.0558 e. The highest BCUT2D eigenvalue weighted by atomic mass is 16.3. The van der Waals surface area contributed by atoms with Crippen LogP contribution in [0.25, 0.3) is 0 Å². The lowest BCUT2D eigenvalue weighted by atomic mass is 9.86. The first-order chi connectivity index (χ1) is 7.49. The van der Waals surface area contributed by atoms with Gasteiger partial charge in [-0.3, -0.25) is 4.90 Å². The molecule has 0 aromatic rings. The third-order valence-corrected chi connectivity index (χ3v) is 3.96. The third-order valence-electron chi connectivity index (χ3n) is 3.96. The van der Waals surface area contributed by atoms with Gasteiger partial charge in [0.05, 0.1) is 6.61 Å². The molecule has 3 fully saturated rings. The van der Waals surface area contributed by atoms with Crippen LogP contribution >= 0.6 is 0 Å². The predicted molar refractivity (Wildman–Crippen MR) is 66.5 cm³/mol. The van der Waals surface area contributed by atoms with Gasteiger partial charge in [0.25, 0.3) is 0 Å². The van der Waals surface area contributed by atoms with E-state index in [2.05, 4.69) is 30.6 Å². The van der Waals surface area contributed by atoms with E-state index in [9.17, 15) is 0 Å². The molecule has 0 saturated carbocycles. The molecular weight excluding hydrogens is 200 g/mol. The second kappa shape index (κ2) is 4.63. The van der Waals surface area contributed by atoms with Crippen molar-refractivity contribution >= 4 is 0 Å². The maximum absolute atomic E-state index is 8.98. The molecule has 2 atom stereocenters. The lowest BCUT2D eigenvalue weighted by molar-refractivity contribution is -0.0766. The molecule has 0 aliphatic carbocycles. The Morgan fingerprint density at radius 1 is 1.12 bits per heavy atom. The lowest BCUT2D eigenvalue weighted by Crippen LogP contribution is -2.69. The monoisotopic (exact) mass is 226 g/mol. The number of aliphatic hydroxyl groups is 1. The van der Waals surface area contributed by atoms with Crippen molar-refractivity contribution in [2.24, 2.45) is 5.41 Å². The molecule has 3 rings (SSSR count). The quantitative estimate of drug-likeness (QED) is 0.779. The van der Waals surface area contributed by atoms with Gasteiger partial charge in [-0.1, -0.05) is 20.8 Å². The lowest BCUT2D eigenvalue weighted by Gasteiger charge is -2.56. The second-order valence-electron chi connectivity index (χ2n) is 6.58. The van der Waals surface area contributed by atoms with Crippen molar-refractivity contribution in [1.29, 1.82) is 0 Å². The summed E-state index contributed by atoms with van der Waals surface area (Å²) < 4.78 is 0. The summed E-state index contributed by atoms with van der Waals surface area (Å²) in [5.41, 5.74) is 0.451. The van der Waals surface area contributed by atoms with Gasteiger partial charge in [0, 0.05) is 31.7 Å². The van der Waals surface area contributed by atoms with Gasteiger partial charge in [-0.15, -0.1) is 0 Å². The van der Waals surface area contributed by atoms with Gasteiger partial charge in [-0.25, -0.2) is 0 Å². The summed E-state index contributed by atoms with van der Waals surface area (Å²) in [6.07, 6.45) is 2.64. The number of piperazine rings is 1. The standard InChI is InChI=1S/C13H26N2O/c1-13(2,3)4-5-14-9-11-8-12(10-14)15(11)6-7-16/h11-12,16H,4-10H2,1-3H3. The summed E-state index contributed by atoms with van der Waals surface area (Å²) in [7, 11) is 0. The minimum atomic E-state index is 0.314. The van der Waals surface area contributed by atoms with Crippen molar-refractivity contribution in [2.75, 3.05) is 32.8 Å². The van der Waals surface area contributed by atoms with Crippen LogP contribution in [-0.4, -0.2) is 59.8 Å². The number of fused-ring (bicyclic) bond motifs is 2. The number of hydrogen-bond acceptors (Lipinski definition) is 3. The van der Waals surface area contributed by atoms with Crippen molar-refractivity contribution in [3.8, 4) is 0 Å². The van der Waals surface area contributed by atoms with Gasteiger partial charge in [0.15, 0.2) is 0 Å². The molecule has 0 spiro atoms. The minimum absolute atomic E-state index is 0.314. The Kier molecular flexibility index (Phi) is 3.57. The molecule has 3 nitrogen and oxygen atoms in total. The van der Waals surface area contributed by atoms with Gasteiger partial charge in [-0.05, 0) is 24.8 Å². The van der Waals surface area contributed by atoms with Crippen LogP contribution in [0.5, 0.6) is 0 Å². The van der Waals surface area contributed by atoms with Crippen LogP contribution in [-0.2, 0) is 0 Å². The van der Waals surface area contributed by atoms with Crippen LogP contribution in [0.15, 0.2) is 0 Å². The molecule has 0 aromatic carbocycles. The van der Waals surface area contributed by atoms with Crippen LogP contribution in [0, 0.1) is 5.41 Å². The van der Waals surface area contributed by atoms with Crippen molar-refractivity contribution in [3.05, 3.63) is 0 Å². The Balaban J connectivity index is 1.74. The molecule has 3 heterocycles. The normalized spacial score (nSPS) is 31.5. The molecule has 3 saturated heterocycles. The largest absolute Gasteiger partial charge is 0.395 e. The van der Waals surface area contributed by atoms with E-state index < -0.39 is 0 Å². The number of rotatable bonds is 4. The van der Waals surface area contributed by atoms with E-state index in [4.69, 9.17) is 5.11 Å². The van der Waals surface area contributed by atoms with E-state index in [0.717, 1.165) is 18.6 Å². The van der Waals surface area contributed by atoms with E-state index in [1.165, 1.54) is 32.5 Å². The van der Waals surface area contributed by atoms with E-state index in [0.29, 0.717) is 12.0 Å². The highest BCUT2D eigenvalue weighted by Gasteiger charge is 2.43. The first-order valence-corrected chi connectivity index (χ1v) is 6.58. The average molecular weight is 226 g/mol. The van der Waals surface area contributed by atoms with Gasteiger partial charge >= 0.3 is 0 Å². The summed E-state index contributed by atoms with van der Waals surface area (Å²) in [4.78, 5) is 5.09. The fourth-order valence-corrected chi connectivity index (χ4v) is 2.93. The van der Waals surface area contributed by atoms with Crippen LogP contribution in [0.1, 0.15) is 33.6 Å². The molecule has 16 heavy (non-hydrogen) atoms. The van der Waals surface area contributed by atoms with E-state index in [-0.39, 0.29) is 0 Å². The summed E-state index contributed by atoms with van der Waals surface area (Å²) >= 11 is 0. The van der Waals surface area contributed by atoms with Gasteiger partial charge in [0.2, 0.25) is 0 Å². The molecule has 94 valence electrons. The molecule has 2 bridgehead atoms. The van der Waals surface area contributed by atoms with Crippen molar-refractivity contribution in [2.45, 2.75) is 45.7 Å². The Hall–Kier alpha value is -0.120. The molecule has 0 aromatic heterocycles. The first-order valence-electron chi connectivity index (χ1n) is 6.58. The molecule has 0 radical (unpaired) electrons. The van der Waals surface area contributed by atoms with Gasteiger partial charge in [-0.2, -0.15) is 0 Å². The highest BCUT2D eigenvalue weighted by Crippen LogP contribution is 2.32. The summed E-state index contributed by atoms with van der Waals surface area (Å²) in [6, 6.07) is 1.46. The van der Waals surface area contributed by atoms with E-state index >= 15 is 0 Å². The fourth-order valence-electron chi connectivity index (χ4n) is 2.93. The Labute approximate surface area is 99.4 Å². The molecule has 3 aliphatic rings. The van der Waals surface area contributed by atoms with Crippen LogP contribution in [0.4, 0.5) is 0 Å². The zero-order chi connectivity index (χ0) is 11.8. The van der Waals surface area contributed by atoms with Crippen molar-refractivity contribution in [1.82, 2.24) is 9.80 Å². The number of nitrogens with zero attached hydrogens (tertiary/aromatic N) is 2. The van der Waals surface area contributed by atoms with Gasteiger partial charge < -0.3 is 10.0 Å². The number of piperidine rings is 1. The third kappa shape index (κ3) is 2.76. The summed E-state index contributed by atoms with van der Waals surface area (Å²) in [6.45, 7) is 11.8. The fraction of sp³-hybridized carbons (Fsp3) is 1.00. The number of aliphatic hydroxyl groups excluding tert-OH is 1. The maximum Gasteiger partial charge on any atom is 0.0558 e. The number of hydrogen-bond donors (Lipinski definition) is 1. The molecule has 3 aliphatic heterocycles. The highest BCUT2D eigenvalue weighted by molar-refractivity contribution is 5.00. The molecular formula is C13H26N2O. The molecule has 3 heteroatoms. The van der Waals surface area contributed by atoms with Gasteiger partial charge in [0.1, 0.15) is 0 Å². The second-order valence-corrected chi connectivity index (χ2v) is 6.58. The van der Waals surface area contributed by atoms with Crippen molar-refractivity contribution in [3.63, 3.8) is 0 Å². The Morgan fingerprint density at radius 2 is 1.75 bits per heavy atom. The average Bonchev–Trinajstić information content (AvgIpc) is 2.22. The molecule has 2 unspecified atom stereocenters. The van der Waals surface area contributed by atoms with Crippen molar-refractivity contribution < 1.29 is 5.11 Å². The first kappa shape index (κ1) is 12.3. The van der Waals surface area contributed by atoms with E-state index in [1.54, 1.807) is 0 Å². The topological polar surface area (TPSA) is 26.7 Å². The predicted octanol–water partition coefficient (Wildman–Crippen LogP) is 1.17. The Morgan fingerprint density at radius 3 is 2.25 bits per heavy atom. The summed E-state index contributed by atoms with van der Waals surface area (Å²) in [5, 5.41) is 8.98.